The van der Waals surface area contributed by atoms with E-state index in [0.717, 1.165) is 0 Å². The van der Waals surface area contributed by atoms with Crippen molar-refractivity contribution < 1.29 is 14.5 Å². The van der Waals surface area contributed by atoms with Crippen molar-refractivity contribution >= 4 is 11.7 Å². The molecule has 1 rings (SSSR count). The number of carbonyl (C=O) groups is 1. The minimum Gasteiger partial charge on any atom is -0.468 e. The smallest absolute Gasteiger partial charge is 0.322 e. The van der Waals surface area contributed by atoms with Crippen molar-refractivity contribution in [2.24, 2.45) is 5.73 Å². The van der Waals surface area contributed by atoms with Crippen LogP contribution in [0.4, 0.5) is 5.69 Å². The summed E-state index contributed by atoms with van der Waals surface area (Å²) >= 11 is 0. The van der Waals surface area contributed by atoms with Crippen molar-refractivity contribution in [3.8, 4) is 0 Å². The van der Waals surface area contributed by atoms with Gasteiger partial charge in [-0.25, -0.2) is 0 Å². The highest BCUT2D eigenvalue weighted by Crippen LogP contribution is 2.14. The summed E-state index contributed by atoms with van der Waals surface area (Å²) in [5, 5.41) is 10.5. The first kappa shape index (κ1) is 12.1. The molecule has 0 bridgehead atoms. The van der Waals surface area contributed by atoms with E-state index < -0.39 is 16.9 Å². The Hall–Kier alpha value is -1.95. The molecule has 1 aromatic rings. The highest BCUT2D eigenvalue weighted by atomic mass is 16.6. The van der Waals surface area contributed by atoms with Gasteiger partial charge in [0.1, 0.15) is 6.04 Å². The molecule has 1 atom stereocenters. The van der Waals surface area contributed by atoms with Crippen LogP contribution in [-0.4, -0.2) is 24.0 Å². The van der Waals surface area contributed by atoms with Crippen LogP contribution in [0.5, 0.6) is 0 Å². The van der Waals surface area contributed by atoms with Gasteiger partial charge in [0.25, 0.3) is 5.69 Å². The maximum Gasteiger partial charge on any atom is 0.322 e. The largest absolute Gasteiger partial charge is 0.468 e. The summed E-state index contributed by atoms with van der Waals surface area (Å²) in [6.45, 7) is 0. The summed E-state index contributed by atoms with van der Waals surface area (Å²) in [5.74, 6) is -0.536. The van der Waals surface area contributed by atoms with Crippen molar-refractivity contribution in [3.63, 3.8) is 0 Å². The molecule has 0 radical (unpaired) electrons. The van der Waals surface area contributed by atoms with Gasteiger partial charge in [-0.1, -0.05) is 12.1 Å². The number of nitrogens with two attached hydrogens (primary N) is 1. The number of rotatable bonds is 4. The molecule has 0 saturated heterocycles. The summed E-state index contributed by atoms with van der Waals surface area (Å²) in [6.07, 6.45) is 0.217. The number of hydrogen-bond acceptors (Lipinski definition) is 5. The second-order valence-corrected chi connectivity index (χ2v) is 3.26. The zero-order valence-corrected chi connectivity index (χ0v) is 8.75. The van der Waals surface area contributed by atoms with Crippen molar-refractivity contribution in [1.82, 2.24) is 0 Å². The lowest BCUT2D eigenvalue weighted by atomic mass is 10.1. The van der Waals surface area contributed by atoms with Crippen molar-refractivity contribution in [2.45, 2.75) is 12.5 Å². The monoisotopic (exact) mass is 224 g/mol. The normalized spacial score (nSPS) is 11.9. The van der Waals surface area contributed by atoms with Crippen molar-refractivity contribution in [2.75, 3.05) is 7.11 Å². The number of non-ortho nitro benzene ring substituents is 1. The third-order valence-electron chi connectivity index (χ3n) is 2.08. The Morgan fingerprint density at radius 3 is 2.88 bits per heavy atom. The molecule has 0 spiro atoms. The molecule has 0 unspecified atom stereocenters. The Balaban J connectivity index is 2.78. The van der Waals surface area contributed by atoms with Gasteiger partial charge in [-0.05, 0) is 12.0 Å². The fourth-order valence-electron chi connectivity index (χ4n) is 1.29. The lowest BCUT2D eigenvalue weighted by molar-refractivity contribution is -0.384. The molecule has 6 heteroatoms. The van der Waals surface area contributed by atoms with Crippen LogP contribution >= 0.6 is 0 Å². The Kier molecular flexibility index (Phi) is 3.96. The van der Waals surface area contributed by atoms with Gasteiger partial charge in [-0.15, -0.1) is 0 Å². The second-order valence-electron chi connectivity index (χ2n) is 3.26. The van der Waals surface area contributed by atoms with Crippen LogP contribution in [-0.2, 0) is 16.0 Å². The number of nitrogens with zero attached hydrogens (tertiary/aromatic N) is 1. The Bertz CT molecular complexity index is 406. The molecule has 0 aliphatic carbocycles. The van der Waals surface area contributed by atoms with Crippen LogP contribution in [0.3, 0.4) is 0 Å². The topological polar surface area (TPSA) is 95.5 Å². The average molecular weight is 224 g/mol. The number of methoxy groups -OCH3 is 1. The quantitative estimate of drug-likeness (QED) is 0.460. The molecule has 0 aliphatic heterocycles. The van der Waals surface area contributed by atoms with E-state index in [-0.39, 0.29) is 12.1 Å². The van der Waals surface area contributed by atoms with E-state index in [0.29, 0.717) is 5.56 Å². The van der Waals surface area contributed by atoms with Crippen LogP contribution in [0.25, 0.3) is 0 Å². The van der Waals surface area contributed by atoms with E-state index in [2.05, 4.69) is 4.74 Å². The summed E-state index contributed by atoms with van der Waals surface area (Å²) in [5.41, 5.74) is 6.15. The van der Waals surface area contributed by atoms with Crippen LogP contribution in [0.2, 0.25) is 0 Å². The molecule has 16 heavy (non-hydrogen) atoms. The van der Waals surface area contributed by atoms with Gasteiger partial charge in [0, 0.05) is 12.1 Å². The van der Waals surface area contributed by atoms with Gasteiger partial charge >= 0.3 is 5.97 Å². The number of benzene rings is 1. The van der Waals surface area contributed by atoms with E-state index in [1.165, 1.54) is 19.2 Å². The Morgan fingerprint density at radius 2 is 2.31 bits per heavy atom. The highest BCUT2D eigenvalue weighted by Gasteiger charge is 2.15. The molecular weight excluding hydrogens is 212 g/mol. The van der Waals surface area contributed by atoms with Gasteiger partial charge < -0.3 is 10.5 Å². The van der Waals surface area contributed by atoms with Crippen molar-refractivity contribution in [1.29, 1.82) is 0 Å². The van der Waals surface area contributed by atoms with Gasteiger partial charge in [-0.3, -0.25) is 14.9 Å². The van der Waals surface area contributed by atoms with Crippen LogP contribution in [0, 0.1) is 10.1 Å². The fourth-order valence-corrected chi connectivity index (χ4v) is 1.29. The van der Waals surface area contributed by atoms with Gasteiger partial charge in [0.05, 0.1) is 12.0 Å². The van der Waals surface area contributed by atoms with Gasteiger partial charge in [-0.2, -0.15) is 0 Å². The number of nitro benzene ring substituents is 1. The first-order valence-corrected chi connectivity index (χ1v) is 4.61. The molecule has 0 heterocycles. The maximum atomic E-state index is 11.1. The molecule has 1 aromatic carbocycles. The molecule has 0 aliphatic rings. The molecule has 86 valence electrons. The Labute approximate surface area is 92.2 Å². The number of esters is 1. The SMILES string of the molecule is COC(=O)[C@H](N)Cc1cccc([N+](=O)[O-])c1. The number of nitro groups is 1. The first-order chi connectivity index (χ1) is 7.54. The molecular formula is C10H12N2O4. The third-order valence-corrected chi connectivity index (χ3v) is 2.08. The van der Waals surface area contributed by atoms with Crippen LogP contribution in [0.15, 0.2) is 24.3 Å². The van der Waals surface area contributed by atoms with E-state index in [9.17, 15) is 14.9 Å². The summed E-state index contributed by atoms with van der Waals surface area (Å²) in [4.78, 5) is 21.1. The van der Waals surface area contributed by atoms with Crippen LogP contribution in [0.1, 0.15) is 5.56 Å². The van der Waals surface area contributed by atoms with Gasteiger partial charge in [0.15, 0.2) is 0 Å². The minimum atomic E-state index is -0.799. The summed E-state index contributed by atoms with van der Waals surface area (Å²) in [7, 11) is 1.25. The zero-order valence-electron chi connectivity index (χ0n) is 8.75. The standard InChI is InChI=1S/C10H12N2O4/c1-16-10(13)9(11)6-7-3-2-4-8(5-7)12(14)15/h2-5,9H,6,11H2,1H3/t9-/m1/s1. The zero-order chi connectivity index (χ0) is 12.1. The predicted octanol–water partition coefficient (Wildman–Crippen LogP) is 0.638. The fraction of sp³-hybridized carbons (Fsp3) is 0.300. The maximum absolute atomic E-state index is 11.1. The lowest BCUT2D eigenvalue weighted by Gasteiger charge is -2.08. The predicted molar refractivity (Wildman–Crippen MR) is 56.8 cm³/mol. The second kappa shape index (κ2) is 5.22. The molecule has 0 aromatic heterocycles. The number of carbonyl (C=O) groups excluding carboxylic acids is 1. The van der Waals surface area contributed by atoms with E-state index in [1.807, 2.05) is 0 Å². The molecule has 0 amide bonds. The molecule has 2 N–H and O–H groups in total. The number of hydrogen-bond donors (Lipinski definition) is 1. The molecule has 0 saturated carbocycles. The summed E-state index contributed by atoms with van der Waals surface area (Å²) in [6, 6.07) is 5.20. The average Bonchev–Trinajstić information content (AvgIpc) is 2.28. The molecule has 0 fully saturated rings. The van der Waals surface area contributed by atoms with Crippen LogP contribution < -0.4 is 5.73 Å². The Morgan fingerprint density at radius 1 is 1.62 bits per heavy atom. The van der Waals surface area contributed by atoms with Gasteiger partial charge in [0.2, 0.25) is 0 Å². The number of ether oxygens (including phenoxy) is 1. The molecule has 6 nitrogen and oxygen atoms in total. The lowest BCUT2D eigenvalue weighted by Crippen LogP contribution is -2.33. The van der Waals surface area contributed by atoms with E-state index >= 15 is 0 Å². The third kappa shape index (κ3) is 3.03. The van der Waals surface area contributed by atoms with E-state index in [1.54, 1.807) is 12.1 Å². The summed E-state index contributed by atoms with van der Waals surface area (Å²) < 4.78 is 4.46. The first-order valence-electron chi connectivity index (χ1n) is 4.61. The van der Waals surface area contributed by atoms with E-state index in [4.69, 9.17) is 5.73 Å². The minimum absolute atomic E-state index is 0.0189. The van der Waals surface area contributed by atoms with Crippen molar-refractivity contribution in [3.05, 3.63) is 39.9 Å². The highest BCUT2D eigenvalue weighted by molar-refractivity contribution is 5.75.